The molecular weight excluding hydrogens is 362 g/mol. The lowest BCUT2D eigenvalue weighted by Gasteiger charge is -2.34. The Morgan fingerprint density at radius 2 is 2.15 bits per heavy atom. The second kappa shape index (κ2) is 7.29. The highest BCUT2D eigenvalue weighted by Gasteiger charge is 2.25. The third-order valence-electron chi connectivity index (χ3n) is 4.50. The smallest absolute Gasteiger partial charge is 0.245 e. The first-order valence-electron chi connectivity index (χ1n) is 8.80. The first-order valence-corrected chi connectivity index (χ1v) is 10.5. The van der Waals surface area contributed by atoms with Crippen LogP contribution >= 0.6 is 23.1 Å². The predicted octanol–water partition coefficient (Wildman–Crippen LogP) is 4.93. The van der Waals surface area contributed by atoms with Crippen LogP contribution < -0.4 is 10.2 Å². The van der Waals surface area contributed by atoms with Gasteiger partial charge in [0.25, 0.3) is 0 Å². The lowest BCUT2D eigenvalue weighted by atomic mass is 10.2. The van der Waals surface area contributed by atoms with E-state index in [1.807, 2.05) is 30.0 Å². The standard InChI is InChI=1S/C20H21N3OS2/c1-3-14-11-23(16-6-4-5-7-17(16)25-14)12-19(24)22-20-21-15-9-8-13(2)10-18(15)26-20/h4-10,14H,3,11-12H2,1-2H3,(H,21,22,24). The number of rotatable bonds is 4. The van der Waals surface area contributed by atoms with Crippen molar-refractivity contribution in [2.45, 2.75) is 30.4 Å². The molecule has 134 valence electrons. The van der Waals surface area contributed by atoms with E-state index in [0.29, 0.717) is 16.9 Å². The molecule has 1 amide bonds. The Morgan fingerprint density at radius 1 is 1.31 bits per heavy atom. The largest absolute Gasteiger partial charge is 0.360 e. The van der Waals surface area contributed by atoms with Gasteiger partial charge in [-0.05, 0) is 43.2 Å². The van der Waals surface area contributed by atoms with Gasteiger partial charge in [-0.2, -0.15) is 0 Å². The van der Waals surface area contributed by atoms with Crippen LogP contribution in [0.2, 0.25) is 0 Å². The van der Waals surface area contributed by atoms with Gasteiger partial charge in [0.1, 0.15) is 0 Å². The Kier molecular flexibility index (Phi) is 4.87. The summed E-state index contributed by atoms with van der Waals surface area (Å²) in [5.41, 5.74) is 3.28. The van der Waals surface area contributed by atoms with Gasteiger partial charge >= 0.3 is 0 Å². The van der Waals surface area contributed by atoms with E-state index in [2.05, 4.69) is 53.3 Å². The molecule has 6 heteroatoms. The molecule has 1 N–H and O–H groups in total. The highest BCUT2D eigenvalue weighted by atomic mass is 32.2. The number of hydrogen-bond acceptors (Lipinski definition) is 5. The normalized spacial score (nSPS) is 16.5. The van der Waals surface area contributed by atoms with Crippen molar-refractivity contribution in [3.63, 3.8) is 0 Å². The zero-order valence-electron chi connectivity index (χ0n) is 14.9. The van der Waals surface area contributed by atoms with Gasteiger partial charge in [-0.15, -0.1) is 11.8 Å². The number of hydrogen-bond donors (Lipinski definition) is 1. The van der Waals surface area contributed by atoms with Crippen LogP contribution in [-0.4, -0.2) is 29.2 Å². The Labute approximate surface area is 161 Å². The van der Waals surface area contributed by atoms with E-state index in [1.165, 1.54) is 21.8 Å². The number of anilines is 2. The van der Waals surface area contributed by atoms with Crippen molar-refractivity contribution >= 4 is 50.0 Å². The van der Waals surface area contributed by atoms with Crippen LogP contribution in [0.4, 0.5) is 10.8 Å². The molecule has 0 radical (unpaired) electrons. The average Bonchev–Trinajstić information content (AvgIpc) is 3.02. The van der Waals surface area contributed by atoms with Gasteiger partial charge in [-0.3, -0.25) is 4.79 Å². The number of thioether (sulfide) groups is 1. The Hall–Kier alpha value is -2.05. The molecule has 1 aromatic heterocycles. The third kappa shape index (κ3) is 3.57. The molecule has 0 saturated heterocycles. The zero-order valence-corrected chi connectivity index (χ0v) is 16.5. The van der Waals surface area contributed by atoms with Gasteiger partial charge in [0.15, 0.2) is 5.13 Å². The van der Waals surface area contributed by atoms with E-state index in [9.17, 15) is 4.79 Å². The van der Waals surface area contributed by atoms with E-state index in [1.54, 1.807) is 0 Å². The summed E-state index contributed by atoms with van der Waals surface area (Å²) in [6, 6.07) is 14.5. The lowest BCUT2D eigenvalue weighted by molar-refractivity contribution is -0.115. The highest BCUT2D eigenvalue weighted by molar-refractivity contribution is 8.00. The van der Waals surface area contributed by atoms with Crippen LogP contribution in [0.3, 0.4) is 0 Å². The summed E-state index contributed by atoms with van der Waals surface area (Å²) in [7, 11) is 0. The van der Waals surface area contributed by atoms with E-state index in [4.69, 9.17) is 0 Å². The van der Waals surface area contributed by atoms with Crippen molar-refractivity contribution in [1.29, 1.82) is 0 Å². The first kappa shape index (κ1) is 17.4. The molecular formula is C20H21N3OS2. The van der Waals surface area contributed by atoms with Crippen LogP contribution in [0.15, 0.2) is 47.4 Å². The summed E-state index contributed by atoms with van der Waals surface area (Å²) in [5, 5.41) is 4.17. The van der Waals surface area contributed by atoms with Crippen LogP contribution in [0.25, 0.3) is 10.2 Å². The first-order chi connectivity index (χ1) is 12.6. The van der Waals surface area contributed by atoms with Crippen molar-refractivity contribution in [3.8, 4) is 0 Å². The topological polar surface area (TPSA) is 45.2 Å². The molecule has 4 rings (SSSR count). The number of para-hydroxylation sites is 1. The predicted molar refractivity (Wildman–Crippen MR) is 112 cm³/mol. The molecule has 3 aromatic rings. The summed E-state index contributed by atoms with van der Waals surface area (Å²) in [4.78, 5) is 20.6. The molecule has 0 bridgehead atoms. The number of aryl methyl sites for hydroxylation is 1. The molecule has 0 aliphatic carbocycles. The van der Waals surface area contributed by atoms with Gasteiger partial charge < -0.3 is 10.2 Å². The van der Waals surface area contributed by atoms with Crippen LogP contribution in [0, 0.1) is 6.92 Å². The van der Waals surface area contributed by atoms with Gasteiger partial charge in [0.2, 0.25) is 5.91 Å². The van der Waals surface area contributed by atoms with Crippen molar-refractivity contribution in [2.24, 2.45) is 0 Å². The number of amides is 1. The molecule has 1 atom stereocenters. The fraction of sp³-hybridized carbons (Fsp3) is 0.300. The summed E-state index contributed by atoms with van der Waals surface area (Å²) >= 11 is 3.44. The van der Waals surface area contributed by atoms with Crippen molar-refractivity contribution in [1.82, 2.24) is 4.98 Å². The highest BCUT2D eigenvalue weighted by Crippen LogP contribution is 2.39. The molecule has 0 spiro atoms. The summed E-state index contributed by atoms with van der Waals surface area (Å²) in [5.74, 6) is -0.0164. The Balaban J connectivity index is 1.50. The van der Waals surface area contributed by atoms with E-state index in [-0.39, 0.29) is 5.91 Å². The number of carbonyl (C=O) groups excluding carboxylic acids is 1. The monoisotopic (exact) mass is 383 g/mol. The van der Waals surface area contributed by atoms with Gasteiger partial charge in [-0.25, -0.2) is 4.98 Å². The number of fused-ring (bicyclic) bond motifs is 2. The van der Waals surface area contributed by atoms with Crippen LogP contribution in [0.1, 0.15) is 18.9 Å². The van der Waals surface area contributed by atoms with Gasteiger partial charge in [0, 0.05) is 16.7 Å². The molecule has 1 unspecified atom stereocenters. The van der Waals surface area contributed by atoms with Crippen LogP contribution in [0.5, 0.6) is 0 Å². The summed E-state index contributed by atoms with van der Waals surface area (Å²) < 4.78 is 1.10. The number of benzene rings is 2. The third-order valence-corrected chi connectivity index (χ3v) is 6.85. The molecule has 26 heavy (non-hydrogen) atoms. The van der Waals surface area contributed by atoms with Crippen LogP contribution in [-0.2, 0) is 4.79 Å². The molecule has 2 heterocycles. The minimum atomic E-state index is -0.0164. The molecule has 0 fully saturated rings. The molecule has 1 aliphatic heterocycles. The summed E-state index contributed by atoms with van der Waals surface area (Å²) in [6.45, 7) is 5.51. The maximum Gasteiger partial charge on any atom is 0.245 e. The number of nitrogens with one attached hydrogen (secondary N) is 1. The van der Waals surface area contributed by atoms with Gasteiger partial charge in [0.05, 0.1) is 22.4 Å². The zero-order chi connectivity index (χ0) is 18.1. The maximum absolute atomic E-state index is 12.6. The quantitative estimate of drug-likeness (QED) is 0.693. The SMILES string of the molecule is CCC1CN(CC(=O)Nc2nc3ccc(C)cc3s2)c2ccccc2S1. The average molecular weight is 384 g/mol. The van der Waals surface area contributed by atoms with E-state index in [0.717, 1.165) is 28.9 Å². The molecule has 2 aromatic carbocycles. The molecule has 4 nitrogen and oxygen atoms in total. The van der Waals surface area contributed by atoms with E-state index >= 15 is 0 Å². The molecule has 1 aliphatic rings. The fourth-order valence-electron chi connectivity index (χ4n) is 3.16. The van der Waals surface area contributed by atoms with Crippen molar-refractivity contribution < 1.29 is 4.79 Å². The fourth-order valence-corrected chi connectivity index (χ4v) is 5.39. The number of thiazole rings is 1. The Bertz CT molecular complexity index is 953. The minimum Gasteiger partial charge on any atom is -0.360 e. The number of aromatic nitrogens is 1. The maximum atomic E-state index is 12.6. The summed E-state index contributed by atoms with van der Waals surface area (Å²) in [6.07, 6.45) is 1.09. The van der Waals surface area contributed by atoms with Crippen molar-refractivity contribution in [3.05, 3.63) is 48.0 Å². The van der Waals surface area contributed by atoms with Gasteiger partial charge in [-0.1, -0.05) is 36.5 Å². The second-order valence-corrected chi connectivity index (χ2v) is 8.91. The second-order valence-electron chi connectivity index (χ2n) is 6.53. The Morgan fingerprint density at radius 3 is 3.00 bits per heavy atom. The number of carbonyl (C=O) groups is 1. The lowest BCUT2D eigenvalue weighted by Crippen LogP contribution is -2.40. The number of nitrogens with zero attached hydrogens (tertiary/aromatic N) is 2. The molecule has 0 saturated carbocycles. The van der Waals surface area contributed by atoms with E-state index < -0.39 is 0 Å². The minimum absolute atomic E-state index is 0.0164. The van der Waals surface area contributed by atoms with Crippen molar-refractivity contribution in [2.75, 3.05) is 23.3 Å².